The van der Waals surface area contributed by atoms with Gasteiger partial charge in [-0.2, -0.15) is 0 Å². The van der Waals surface area contributed by atoms with Gasteiger partial charge in [0.15, 0.2) is 17.4 Å². The monoisotopic (exact) mass is 113 g/mol. The van der Waals surface area contributed by atoms with Crippen LogP contribution in [0.1, 0.15) is 4.28 Å². The minimum absolute atomic E-state index is 0. The topological polar surface area (TPSA) is 0 Å². The Morgan fingerprint density at radius 3 is 1.25 bits per heavy atom. The fourth-order valence-electron chi connectivity index (χ4n) is 0. The van der Waals surface area contributed by atoms with Crippen molar-refractivity contribution in [3.8, 4) is 0 Å². The first-order chi connectivity index (χ1) is 0. The fraction of sp³-hybridized carbons (Fsp3) is 0. The Morgan fingerprint density at radius 1 is 1.25 bits per heavy atom. The summed E-state index contributed by atoms with van der Waals surface area (Å²) in [5.74, 6) is 0. The number of hydrogen-bond donors (Lipinski definition) is 0. The molecule has 0 aliphatic heterocycles. The van der Waals surface area contributed by atoms with Crippen LogP contribution in [0.2, 0.25) is 0 Å². The van der Waals surface area contributed by atoms with E-state index in [1.165, 1.54) is 0 Å². The van der Waals surface area contributed by atoms with Crippen LogP contribution in [0.5, 0.6) is 0 Å². The van der Waals surface area contributed by atoms with Gasteiger partial charge in [0.25, 0.3) is 0 Å². The maximum Gasteiger partial charge on any atom is 2.00 e. The molecule has 0 saturated heterocycles. The summed E-state index contributed by atoms with van der Waals surface area (Å²) in [6, 6.07) is 0. The van der Waals surface area contributed by atoms with Crippen LogP contribution in [0.4, 0.5) is 0 Å². The van der Waals surface area contributed by atoms with E-state index in [1.807, 2.05) is 0 Å². The van der Waals surface area contributed by atoms with E-state index in [2.05, 4.69) is 0 Å². The number of rotatable bonds is 0. The fourth-order valence-corrected chi connectivity index (χ4v) is 0. The van der Waals surface area contributed by atoms with Crippen molar-refractivity contribution in [1.82, 2.24) is 0 Å². The van der Waals surface area contributed by atoms with Gasteiger partial charge in [-0.15, -0.1) is 0 Å². The zero-order valence-corrected chi connectivity index (χ0v) is 5.38. The van der Waals surface area contributed by atoms with Gasteiger partial charge >= 0.3 is 29.0 Å². The summed E-state index contributed by atoms with van der Waals surface area (Å²) in [5.41, 5.74) is 0. The van der Waals surface area contributed by atoms with Crippen LogP contribution in [0.15, 0.2) is 0 Å². The molecule has 4 heavy (non-hydrogen) atoms. The molecule has 0 rings (SSSR count). The van der Waals surface area contributed by atoms with E-state index in [0.717, 1.165) is 0 Å². The van der Waals surface area contributed by atoms with Crippen molar-refractivity contribution in [3.05, 3.63) is 0 Å². The predicted octanol–water partition coefficient (Wildman–Crippen LogP) is -4.23. The molecule has 0 unspecified atom stereocenters. The van der Waals surface area contributed by atoms with Crippen LogP contribution in [0, 0.1) is 0 Å². The molecule has 0 fully saturated rings. The van der Waals surface area contributed by atoms with Gasteiger partial charge in [-0.1, -0.05) is 0 Å². The van der Waals surface area contributed by atoms with E-state index in [0.29, 0.717) is 0 Å². The Kier molecular flexibility index (Phi) is 199. The molecule has 0 aromatic rings. The van der Waals surface area contributed by atoms with Crippen LogP contribution in [-0.4, -0.2) is 27.5 Å². The molecular formula is H6AlBeLiZn. The summed E-state index contributed by atoms with van der Waals surface area (Å²) >= 11 is 0. The molecule has 0 nitrogen and oxygen atoms in total. The summed E-state index contributed by atoms with van der Waals surface area (Å²) in [7, 11) is 0. The minimum Gasteiger partial charge on any atom is -1.00 e. The van der Waals surface area contributed by atoms with Crippen LogP contribution in [-0.2, 0) is 19.5 Å². The minimum atomic E-state index is 0. The predicted molar refractivity (Wildman–Crippen MR) is 19.0 cm³/mol. The normalized spacial score (nSPS) is 0. The second-order valence-corrected chi connectivity index (χ2v) is 0. The molecule has 0 spiro atoms. The molecule has 0 bridgehead atoms. The molecule has 0 heterocycles. The third-order valence-corrected chi connectivity index (χ3v) is 0. The molecule has 14 valence electrons. The first kappa shape index (κ1) is 38.8. The van der Waals surface area contributed by atoms with Gasteiger partial charge in [0, 0.05) is 19.5 Å². The molecule has 0 radical (unpaired) electrons. The average molecular weight is 114 g/mol. The zero-order chi connectivity index (χ0) is 0. The Labute approximate surface area is 69.8 Å². The van der Waals surface area contributed by atoms with E-state index >= 15 is 0 Å². The summed E-state index contributed by atoms with van der Waals surface area (Å²) < 4.78 is 0. The summed E-state index contributed by atoms with van der Waals surface area (Å²) in [6.45, 7) is 0. The first-order valence-corrected chi connectivity index (χ1v) is 0. The van der Waals surface area contributed by atoms with E-state index in [9.17, 15) is 0 Å². The second-order valence-electron chi connectivity index (χ2n) is 0. The van der Waals surface area contributed by atoms with Crippen LogP contribution >= 0.6 is 0 Å². The van der Waals surface area contributed by atoms with Gasteiger partial charge in [0.1, 0.15) is 0 Å². The second kappa shape index (κ2) is 20.5. The van der Waals surface area contributed by atoms with Crippen molar-refractivity contribution in [2.75, 3.05) is 0 Å². The smallest absolute Gasteiger partial charge is 1.00 e. The van der Waals surface area contributed by atoms with Crippen LogP contribution < -0.4 is 18.9 Å². The number of hydrogen-bond acceptors (Lipinski definition) is 0. The van der Waals surface area contributed by atoms with Crippen molar-refractivity contribution in [1.29, 1.82) is 0 Å². The SMILES string of the molecule is [AlH3].[Be+2].[H-].[H-].[H-].[Li+].[Zn]. The summed E-state index contributed by atoms with van der Waals surface area (Å²) in [5, 5.41) is 0. The van der Waals surface area contributed by atoms with E-state index < -0.39 is 0 Å². The molecule has 0 N–H and O–H groups in total. The van der Waals surface area contributed by atoms with Crippen molar-refractivity contribution >= 4 is 27.5 Å². The molecule has 0 atom stereocenters. The first-order valence-electron chi connectivity index (χ1n) is 0. The maximum absolute atomic E-state index is 0. The summed E-state index contributed by atoms with van der Waals surface area (Å²) in [6.07, 6.45) is 0. The van der Waals surface area contributed by atoms with Gasteiger partial charge in [0.2, 0.25) is 0 Å². The van der Waals surface area contributed by atoms with Crippen molar-refractivity contribution in [2.24, 2.45) is 0 Å². The standard InChI is InChI=1S/Al.Be.Li.Zn.6H/q;+2;+1;;;;;3*-1. The molecule has 0 saturated carbocycles. The quantitative estimate of drug-likeness (QED) is 0.280. The van der Waals surface area contributed by atoms with Crippen molar-refractivity contribution < 1.29 is 42.6 Å². The summed E-state index contributed by atoms with van der Waals surface area (Å²) in [4.78, 5) is 0. The van der Waals surface area contributed by atoms with Gasteiger partial charge in [-0.25, -0.2) is 0 Å². The molecule has 0 aromatic carbocycles. The molecular weight excluding hydrogens is 108 g/mol. The Bertz CT molecular complexity index is 14.9. The van der Waals surface area contributed by atoms with Gasteiger partial charge in [0.05, 0.1) is 0 Å². The maximum atomic E-state index is 0. The zero-order valence-electron chi connectivity index (χ0n) is 5.41. The molecule has 0 amide bonds. The van der Waals surface area contributed by atoms with Crippen LogP contribution in [0.25, 0.3) is 0 Å². The van der Waals surface area contributed by atoms with Gasteiger partial charge in [-0.05, 0) is 0 Å². The van der Waals surface area contributed by atoms with Crippen molar-refractivity contribution in [3.63, 3.8) is 0 Å². The largest absolute Gasteiger partial charge is 2.00 e. The van der Waals surface area contributed by atoms with Gasteiger partial charge < -0.3 is 4.28 Å². The van der Waals surface area contributed by atoms with Crippen molar-refractivity contribution in [2.45, 2.75) is 0 Å². The third-order valence-electron chi connectivity index (χ3n) is 0. The molecule has 0 aliphatic carbocycles. The molecule has 4 heteroatoms. The van der Waals surface area contributed by atoms with E-state index in [4.69, 9.17) is 0 Å². The van der Waals surface area contributed by atoms with E-state index in [-0.39, 0.29) is 70.1 Å². The third kappa shape index (κ3) is 9.06. The average Bonchev–Trinajstić information content (AvgIpc) is 0. The molecule has 0 aliphatic rings. The van der Waals surface area contributed by atoms with Gasteiger partial charge in [-0.3, -0.25) is 0 Å². The molecule has 0 aromatic heterocycles. The van der Waals surface area contributed by atoms with E-state index in [1.54, 1.807) is 0 Å². The Morgan fingerprint density at radius 2 is 1.25 bits per heavy atom. The van der Waals surface area contributed by atoms with Crippen LogP contribution in [0.3, 0.4) is 0 Å². The Hall–Kier alpha value is 1.92. The Balaban J connectivity index is 0.